The second-order valence-electron chi connectivity index (χ2n) is 5.86. The Hall–Kier alpha value is -2.60. The molecule has 0 spiro atoms. The van der Waals surface area contributed by atoms with E-state index in [2.05, 4.69) is 10.6 Å². The number of hydrogen-bond donors (Lipinski definition) is 2. The van der Waals surface area contributed by atoms with Gasteiger partial charge in [0.15, 0.2) is 5.76 Å². The van der Waals surface area contributed by atoms with Gasteiger partial charge in [-0.15, -0.1) is 0 Å². The molecular formula is C18H21N3O3. The third-order valence-electron chi connectivity index (χ3n) is 4.22. The molecule has 1 aliphatic rings. The molecule has 1 aliphatic heterocycles. The van der Waals surface area contributed by atoms with Crippen LogP contribution in [-0.2, 0) is 0 Å². The predicted molar refractivity (Wildman–Crippen MR) is 91.2 cm³/mol. The molecule has 0 bridgehead atoms. The molecule has 1 fully saturated rings. The Morgan fingerprint density at radius 1 is 1.17 bits per heavy atom. The van der Waals surface area contributed by atoms with Gasteiger partial charge < -0.3 is 20.0 Å². The van der Waals surface area contributed by atoms with Gasteiger partial charge in [-0.25, -0.2) is 0 Å². The summed E-state index contributed by atoms with van der Waals surface area (Å²) in [5.41, 5.74) is 1.05. The van der Waals surface area contributed by atoms with Crippen LogP contribution in [0, 0.1) is 0 Å². The van der Waals surface area contributed by atoms with E-state index in [-0.39, 0.29) is 23.6 Å². The minimum atomic E-state index is -0.290. The number of nitrogens with zero attached hydrogens (tertiary/aromatic N) is 1. The van der Waals surface area contributed by atoms with Gasteiger partial charge in [-0.2, -0.15) is 0 Å². The van der Waals surface area contributed by atoms with Crippen molar-refractivity contribution in [2.45, 2.75) is 18.9 Å². The van der Waals surface area contributed by atoms with Gasteiger partial charge in [-0.1, -0.05) is 12.1 Å². The predicted octanol–water partition coefficient (Wildman–Crippen LogP) is 2.04. The van der Waals surface area contributed by atoms with Crippen molar-refractivity contribution < 1.29 is 14.0 Å². The molecule has 2 heterocycles. The van der Waals surface area contributed by atoms with E-state index in [1.165, 1.54) is 11.2 Å². The van der Waals surface area contributed by atoms with Crippen molar-refractivity contribution in [1.29, 1.82) is 0 Å². The summed E-state index contributed by atoms with van der Waals surface area (Å²) in [4.78, 5) is 26.6. The van der Waals surface area contributed by atoms with Crippen LogP contribution in [0.3, 0.4) is 0 Å². The molecule has 0 saturated carbocycles. The minimum absolute atomic E-state index is 0.156. The van der Waals surface area contributed by atoms with Gasteiger partial charge in [0, 0.05) is 13.1 Å². The summed E-state index contributed by atoms with van der Waals surface area (Å²) in [5.74, 6) is -0.204. The summed E-state index contributed by atoms with van der Waals surface area (Å²) < 4.78 is 5.16. The highest BCUT2D eigenvalue weighted by Gasteiger charge is 2.23. The summed E-state index contributed by atoms with van der Waals surface area (Å²) in [6, 6.07) is 10.5. The number of amides is 2. The van der Waals surface area contributed by atoms with Crippen LogP contribution >= 0.6 is 0 Å². The number of para-hydroxylation sites is 1. The Bertz CT molecular complexity index is 706. The summed E-state index contributed by atoms with van der Waals surface area (Å²) in [6.45, 7) is 1.81. The molecule has 1 saturated heterocycles. The van der Waals surface area contributed by atoms with Gasteiger partial charge in [0.2, 0.25) is 0 Å². The molecule has 2 amide bonds. The molecule has 0 radical (unpaired) electrons. The van der Waals surface area contributed by atoms with Crippen molar-refractivity contribution in [2.24, 2.45) is 0 Å². The Morgan fingerprint density at radius 2 is 1.92 bits per heavy atom. The number of anilines is 1. The zero-order chi connectivity index (χ0) is 16.9. The zero-order valence-corrected chi connectivity index (χ0v) is 13.6. The average Bonchev–Trinajstić information content (AvgIpc) is 3.16. The highest BCUT2D eigenvalue weighted by atomic mass is 16.3. The van der Waals surface area contributed by atoms with Crippen LogP contribution in [0.2, 0.25) is 0 Å². The molecule has 2 N–H and O–H groups in total. The van der Waals surface area contributed by atoms with Crippen molar-refractivity contribution >= 4 is 17.5 Å². The summed E-state index contributed by atoms with van der Waals surface area (Å²) in [7, 11) is 1.64. The van der Waals surface area contributed by atoms with Crippen LogP contribution in [0.4, 0.5) is 5.69 Å². The lowest BCUT2D eigenvalue weighted by atomic mass is 10.1. The van der Waals surface area contributed by atoms with Crippen molar-refractivity contribution in [1.82, 2.24) is 10.6 Å². The van der Waals surface area contributed by atoms with Crippen molar-refractivity contribution in [3.05, 3.63) is 54.0 Å². The van der Waals surface area contributed by atoms with Crippen molar-refractivity contribution in [3.63, 3.8) is 0 Å². The first-order valence-electron chi connectivity index (χ1n) is 8.09. The molecular weight excluding hydrogens is 306 g/mol. The van der Waals surface area contributed by atoms with Crippen molar-refractivity contribution in [3.8, 4) is 0 Å². The highest BCUT2D eigenvalue weighted by Crippen LogP contribution is 2.22. The van der Waals surface area contributed by atoms with Gasteiger partial charge in [0.1, 0.15) is 0 Å². The van der Waals surface area contributed by atoms with Crippen LogP contribution in [0.15, 0.2) is 47.1 Å². The lowest BCUT2D eigenvalue weighted by molar-refractivity contribution is 0.0930. The second-order valence-corrected chi connectivity index (χ2v) is 5.86. The number of hydrogen-bond acceptors (Lipinski definition) is 4. The zero-order valence-electron chi connectivity index (χ0n) is 13.6. The van der Waals surface area contributed by atoms with Crippen molar-refractivity contribution in [2.75, 3.05) is 25.0 Å². The molecule has 6 heteroatoms. The molecule has 0 atom stereocenters. The quantitative estimate of drug-likeness (QED) is 0.901. The number of carbonyl (C=O) groups excluding carboxylic acids is 2. The van der Waals surface area contributed by atoms with Crippen LogP contribution in [0.5, 0.6) is 0 Å². The van der Waals surface area contributed by atoms with Gasteiger partial charge in [0.25, 0.3) is 11.8 Å². The summed E-state index contributed by atoms with van der Waals surface area (Å²) in [6.07, 6.45) is 3.28. The molecule has 0 unspecified atom stereocenters. The standard InChI is InChI=1S/C18H21N3O3/c1-21(18(23)16-7-4-12-24-16)15-6-3-2-5-14(15)17(22)20-13-8-10-19-11-9-13/h2-7,12-13,19H,8-11H2,1H3,(H,20,22). The summed E-state index contributed by atoms with van der Waals surface area (Å²) >= 11 is 0. The first-order valence-corrected chi connectivity index (χ1v) is 8.09. The monoisotopic (exact) mass is 327 g/mol. The Balaban J connectivity index is 1.79. The smallest absolute Gasteiger partial charge is 0.293 e. The third kappa shape index (κ3) is 3.49. The van der Waals surface area contributed by atoms with E-state index < -0.39 is 0 Å². The maximum Gasteiger partial charge on any atom is 0.293 e. The largest absolute Gasteiger partial charge is 0.459 e. The Kier molecular flexibility index (Phi) is 4.96. The fourth-order valence-corrected chi connectivity index (χ4v) is 2.86. The number of nitrogens with one attached hydrogen (secondary N) is 2. The molecule has 2 aromatic rings. The van der Waals surface area contributed by atoms with Crippen LogP contribution in [0.25, 0.3) is 0 Å². The second kappa shape index (κ2) is 7.31. The van der Waals surface area contributed by atoms with Gasteiger partial charge >= 0.3 is 0 Å². The molecule has 6 nitrogen and oxygen atoms in total. The molecule has 1 aromatic carbocycles. The van der Waals surface area contributed by atoms with E-state index >= 15 is 0 Å². The number of piperidine rings is 1. The number of benzene rings is 1. The van der Waals surface area contributed by atoms with E-state index in [0.29, 0.717) is 11.3 Å². The molecule has 1 aromatic heterocycles. The fraction of sp³-hybridized carbons (Fsp3) is 0.333. The number of carbonyl (C=O) groups is 2. The minimum Gasteiger partial charge on any atom is -0.459 e. The van der Waals surface area contributed by atoms with E-state index in [1.54, 1.807) is 37.4 Å². The third-order valence-corrected chi connectivity index (χ3v) is 4.22. The lowest BCUT2D eigenvalue weighted by Gasteiger charge is -2.25. The SMILES string of the molecule is CN(C(=O)c1ccco1)c1ccccc1C(=O)NC1CCNCC1. The lowest BCUT2D eigenvalue weighted by Crippen LogP contribution is -2.43. The number of furan rings is 1. The van der Waals surface area contributed by atoms with E-state index in [9.17, 15) is 9.59 Å². The topological polar surface area (TPSA) is 74.6 Å². The highest BCUT2D eigenvalue weighted by molar-refractivity contribution is 6.09. The maximum atomic E-state index is 12.7. The molecule has 3 rings (SSSR count). The molecule has 24 heavy (non-hydrogen) atoms. The van der Waals surface area contributed by atoms with E-state index in [0.717, 1.165) is 25.9 Å². The maximum absolute atomic E-state index is 12.7. The van der Waals surface area contributed by atoms with E-state index in [4.69, 9.17) is 4.42 Å². The Morgan fingerprint density at radius 3 is 2.62 bits per heavy atom. The summed E-state index contributed by atoms with van der Waals surface area (Å²) in [5, 5.41) is 6.34. The normalized spacial score (nSPS) is 15.0. The molecule has 0 aliphatic carbocycles. The van der Waals surface area contributed by atoms with Crippen LogP contribution in [-0.4, -0.2) is 38.0 Å². The van der Waals surface area contributed by atoms with Gasteiger partial charge in [-0.05, 0) is 50.2 Å². The van der Waals surface area contributed by atoms with Crippen LogP contribution in [0.1, 0.15) is 33.8 Å². The average molecular weight is 327 g/mol. The Labute approximate surface area is 140 Å². The van der Waals surface area contributed by atoms with Gasteiger partial charge in [-0.3, -0.25) is 9.59 Å². The van der Waals surface area contributed by atoms with Gasteiger partial charge in [0.05, 0.1) is 17.5 Å². The molecule has 126 valence electrons. The van der Waals surface area contributed by atoms with Crippen LogP contribution < -0.4 is 15.5 Å². The first kappa shape index (κ1) is 16.3. The van der Waals surface area contributed by atoms with E-state index in [1.807, 2.05) is 6.07 Å². The fourth-order valence-electron chi connectivity index (χ4n) is 2.86. The number of rotatable bonds is 4. The first-order chi connectivity index (χ1) is 11.7.